The van der Waals surface area contributed by atoms with Crippen LogP contribution in [-0.2, 0) is 6.42 Å². The van der Waals surface area contributed by atoms with Crippen LogP contribution in [0.1, 0.15) is 39.4 Å². The number of hydrogen-bond donors (Lipinski definition) is 1. The van der Waals surface area contributed by atoms with E-state index in [0.29, 0.717) is 0 Å². The molecule has 112 valence electrons. The molecule has 0 aliphatic carbocycles. The van der Waals surface area contributed by atoms with E-state index in [1.165, 1.54) is 33.4 Å². The standard InChI is InChI=1S/C19H24ClN/c1-12-6-14(3)18(15(4)7-12)11-19(21-5)16-8-13(2)9-17(20)10-16/h6-10,19,21H,11H2,1-5H3. The van der Waals surface area contributed by atoms with Crippen LogP contribution in [0, 0.1) is 27.7 Å². The Morgan fingerprint density at radius 1 is 0.905 bits per heavy atom. The average Bonchev–Trinajstić information content (AvgIpc) is 2.36. The highest BCUT2D eigenvalue weighted by molar-refractivity contribution is 6.30. The molecule has 2 aromatic carbocycles. The molecule has 0 bridgehead atoms. The van der Waals surface area contributed by atoms with E-state index in [0.717, 1.165) is 11.4 Å². The molecule has 2 rings (SSSR count). The van der Waals surface area contributed by atoms with Gasteiger partial charge in [-0.3, -0.25) is 0 Å². The van der Waals surface area contributed by atoms with Crippen molar-refractivity contribution < 1.29 is 0 Å². The van der Waals surface area contributed by atoms with Crippen molar-refractivity contribution in [2.24, 2.45) is 0 Å². The van der Waals surface area contributed by atoms with Crippen molar-refractivity contribution in [1.29, 1.82) is 0 Å². The summed E-state index contributed by atoms with van der Waals surface area (Å²) < 4.78 is 0. The SMILES string of the molecule is CNC(Cc1c(C)cc(C)cc1C)c1cc(C)cc(Cl)c1. The van der Waals surface area contributed by atoms with Crippen LogP contribution in [0.4, 0.5) is 0 Å². The number of halogens is 1. The number of hydrogen-bond acceptors (Lipinski definition) is 1. The van der Waals surface area contributed by atoms with Gasteiger partial charge in [-0.1, -0.05) is 35.4 Å². The Balaban J connectivity index is 2.35. The summed E-state index contributed by atoms with van der Waals surface area (Å²) in [6.07, 6.45) is 0.980. The van der Waals surface area contributed by atoms with Crippen LogP contribution < -0.4 is 5.32 Å². The van der Waals surface area contributed by atoms with Crippen LogP contribution in [0.3, 0.4) is 0 Å². The Labute approximate surface area is 133 Å². The number of rotatable bonds is 4. The number of aryl methyl sites for hydroxylation is 4. The summed E-state index contributed by atoms with van der Waals surface area (Å²) in [4.78, 5) is 0. The van der Waals surface area contributed by atoms with Gasteiger partial charge in [0.1, 0.15) is 0 Å². The molecule has 1 atom stereocenters. The number of likely N-dealkylation sites (N-methyl/N-ethyl adjacent to an activating group) is 1. The molecule has 1 nitrogen and oxygen atoms in total. The van der Waals surface area contributed by atoms with Gasteiger partial charge in [0, 0.05) is 11.1 Å². The van der Waals surface area contributed by atoms with Crippen molar-refractivity contribution in [1.82, 2.24) is 5.32 Å². The summed E-state index contributed by atoms with van der Waals surface area (Å²) in [7, 11) is 2.01. The second-order valence-electron chi connectivity index (χ2n) is 5.98. The van der Waals surface area contributed by atoms with Gasteiger partial charge < -0.3 is 5.32 Å². The van der Waals surface area contributed by atoms with Gasteiger partial charge in [0.2, 0.25) is 0 Å². The topological polar surface area (TPSA) is 12.0 Å². The molecule has 0 heterocycles. The molecule has 0 radical (unpaired) electrons. The van der Waals surface area contributed by atoms with Crippen LogP contribution in [0.5, 0.6) is 0 Å². The molecule has 2 heteroatoms. The molecule has 0 aromatic heterocycles. The van der Waals surface area contributed by atoms with Gasteiger partial charge in [0.05, 0.1) is 0 Å². The molecule has 21 heavy (non-hydrogen) atoms. The fourth-order valence-corrected chi connectivity index (χ4v) is 3.39. The maximum Gasteiger partial charge on any atom is 0.0411 e. The van der Waals surface area contributed by atoms with Gasteiger partial charge in [0.25, 0.3) is 0 Å². The minimum absolute atomic E-state index is 0.280. The molecule has 0 saturated carbocycles. The highest BCUT2D eigenvalue weighted by atomic mass is 35.5. The minimum atomic E-state index is 0.280. The van der Waals surface area contributed by atoms with E-state index in [1.54, 1.807) is 0 Å². The zero-order valence-electron chi connectivity index (χ0n) is 13.5. The molecule has 0 spiro atoms. The van der Waals surface area contributed by atoms with Gasteiger partial charge in [-0.15, -0.1) is 0 Å². The van der Waals surface area contributed by atoms with E-state index in [-0.39, 0.29) is 6.04 Å². The first-order chi connectivity index (χ1) is 9.90. The lowest BCUT2D eigenvalue weighted by atomic mass is 9.91. The first-order valence-electron chi connectivity index (χ1n) is 7.41. The summed E-state index contributed by atoms with van der Waals surface area (Å²) in [5.74, 6) is 0. The lowest BCUT2D eigenvalue weighted by molar-refractivity contribution is 0.588. The molecule has 1 N–H and O–H groups in total. The molecule has 2 aromatic rings. The monoisotopic (exact) mass is 301 g/mol. The van der Waals surface area contributed by atoms with Crippen molar-refractivity contribution in [3.63, 3.8) is 0 Å². The van der Waals surface area contributed by atoms with E-state index >= 15 is 0 Å². The summed E-state index contributed by atoms with van der Waals surface area (Å²) in [6, 6.07) is 11.1. The summed E-state index contributed by atoms with van der Waals surface area (Å²) in [5, 5.41) is 4.24. The van der Waals surface area contributed by atoms with Crippen LogP contribution in [0.25, 0.3) is 0 Å². The average molecular weight is 302 g/mol. The van der Waals surface area contributed by atoms with E-state index in [2.05, 4.69) is 57.3 Å². The van der Waals surface area contributed by atoms with Crippen LogP contribution in [0.15, 0.2) is 30.3 Å². The zero-order chi connectivity index (χ0) is 15.6. The predicted octanol–water partition coefficient (Wildman–Crippen LogP) is 5.08. The van der Waals surface area contributed by atoms with Gasteiger partial charge in [-0.2, -0.15) is 0 Å². The fourth-order valence-electron chi connectivity index (χ4n) is 3.09. The Morgan fingerprint density at radius 2 is 1.48 bits per heavy atom. The minimum Gasteiger partial charge on any atom is -0.313 e. The van der Waals surface area contributed by atoms with Crippen molar-refractivity contribution in [2.75, 3.05) is 7.05 Å². The summed E-state index contributed by atoms with van der Waals surface area (Å²) in [6.45, 7) is 8.64. The van der Waals surface area contributed by atoms with Crippen molar-refractivity contribution in [2.45, 2.75) is 40.2 Å². The highest BCUT2D eigenvalue weighted by Crippen LogP contribution is 2.26. The van der Waals surface area contributed by atoms with Crippen molar-refractivity contribution >= 4 is 11.6 Å². The maximum atomic E-state index is 6.21. The zero-order valence-corrected chi connectivity index (χ0v) is 14.3. The predicted molar refractivity (Wildman–Crippen MR) is 92.3 cm³/mol. The Morgan fingerprint density at radius 3 is 2.00 bits per heavy atom. The van der Waals surface area contributed by atoms with Crippen LogP contribution >= 0.6 is 11.6 Å². The van der Waals surface area contributed by atoms with E-state index in [4.69, 9.17) is 11.6 Å². The lowest BCUT2D eigenvalue weighted by Crippen LogP contribution is -2.20. The lowest BCUT2D eigenvalue weighted by Gasteiger charge is -2.21. The van der Waals surface area contributed by atoms with Gasteiger partial charge >= 0.3 is 0 Å². The van der Waals surface area contributed by atoms with Gasteiger partial charge in [0.15, 0.2) is 0 Å². The second kappa shape index (κ2) is 6.64. The fraction of sp³-hybridized carbons (Fsp3) is 0.368. The Hall–Kier alpha value is -1.31. The second-order valence-corrected chi connectivity index (χ2v) is 6.42. The molecule has 0 fully saturated rings. The molecule has 1 unspecified atom stereocenters. The van der Waals surface area contributed by atoms with E-state index < -0.39 is 0 Å². The third-order valence-corrected chi connectivity index (χ3v) is 4.28. The number of benzene rings is 2. The summed E-state index contributed by atoms with van der Waals surface area (Å²) in [5.41, 5.74) is 7.95. The smallest absolute Gasteiger partial charge is 0.0411 e. The first kappa shape index (κ1) is 16.1. The van der Waals surface area contributed by atoms with Crippen LogP contribution in [0.2, 0.25) is 5.02 Å². The largest absolute Gasteiger partial charge is 0.313 e. The highest BCUT2D eigenvalue weighted by Gasteiger charge is 2.14. The third kappa shape index (κ3) is 3.87. The molecule has 0 aliphatic rings. The maximum absolute atomic E-state index is 6.21. The third-order valence-electron chi connectivity index (χ3n) is 4.06. The molecular weight excluding hydrogens is 278 g/mol. The van der Waals surface area contributed by atoms with E-state index in [1.807, 2.05) is 13.1 Å². The van der Waals surface area contributed by atoms with Crippen molar-refractivity contribution in [3.8, 4) is 0 Å². The molecule has 0 saturated heterocycles. The molecule has 0 aliphatic heterocycles. The van der Waals surface area contributed by atoms with E-state index in [9.17, 15) is 0 Å². The Bertz CT molecular complexity index is 603. The number of nitrogens with one attached hydrogen (secondary N) is 1. The quantitative estimate of drug-likeness (QED) is 0.830. The van der Waals surface area contributed by atoms with Gasteiger partial charge in [-0.05, 0) is 81.1 Å². The first-order valence-corrected chi connectivity index (χ1v) is 7.79. The Kier molecular flexibility index (Phi) is 5.08. The van der Waals surface area contributed by atoms with Crippen LogP contribution in [-0.4, -0.2) is 7.05 Å². The molecule has 0 amide bonds. The normalized spacial score (nSPS) is 12.5. The molecular formula is C19H24ClN. The van der Waals surface area contributed by atoms with Gasteiger partial charge in [-0.25, -0.2) is 0 Å². The van der Waals surface area contributed by atoms with Crippen molar-refractivity contribution in [3.05, 3.63) is 68.7 Å². The summed E-state index contributed by atoms with van der Waals surface area (Å²) >= 11 is 6.21.